The molecule has 0 aliphatic carbocycles. The van der Waals surface area contributed by atoms with Gasteiger partial charge >= 0.3 is 0 Å². The fraction of sp³-hybridized carbons (Fsp3) is 0.500. The molecule has 0 fully saturated rings. The molecule has 4 heteroatoms. The molecule has 0 saturated carbocycles. The van der Waals surface area contributed by atoms with E-state index in [1.807, 2.05) is 19.2 Å². The predicted molar refractivity (Wildman–Crippen MR) is 55.5 cm³/mol. The number of aliphatic hydroxyl groups is 1. The van der Waals surface area contributed by atoms with Crippen LogP contribution < -0.4 is 5.32 Å². The Morgan fingerprint density at radius 3 is 2.58 bits per heavy atom. The van der Waals surface area contributed by atoms with Gasteiger partial charge in [0.25, 0.3) is 0 Å². The third-order valence-electron chi connectivity index (χ3n) is 1.69. The Morgan fingerprint density at radius 1 is 1.58 bits per heavy atom. The van der Waals surface area contributed by atoms with Crippen LogP contribution in [0, 0.1) is 0 Å². The normalized spacial score (nSPS) is 16.0. The number of aliphatic hydroxyl groups excluding tert-OH is 1. The Morgan fingerprint density at radius 2 is 2.25 bits per heavy atom. The zero-order chi connectivity index (χ0) is 9.14. The van der Waals surface area contributed by atoms with Crippen LogP contribution in [0.1, 0.15) is 17.8 Å². The molecule has 0 aromatic carbocycles. The van der Waals surface area contributed by atoms with E-state index in [1.165, 1.54) is 0 Å². The van der Waals surface area contributed by atoms with Crippen molar-refractivity contribution in [2.24, 2.45) is 0 Å². The summed E-state index contributed by atoms with van der Waals surface area (Å²) in [7, 11) is 1.85. The first-order chi connectivity index (χ1) is 5.65. The van der Waals surface area contributed by atoms with Gasteiger partial charge in [0, 0.05) is 4.88 Å². The van der Waals surface area contributed by atoms with E-state index in [0.29, 0.717) is 0 Å². The Hall–Kier alpha value is 0.1000. The van der Waals surface area contributed by atoms with E-state index < -0.39 is 0 Å². The molecule has 0 spiro atoms. The van der Waals surface area contributed by atoms with Gasteiger partial charge in [-0.25, -0.2) is 0 Å². The largest absolute Gasteiger partial charge is 0.391 e. The van der Waals surface area contributed by atoms with Crippen molar-refractivity contribution in [1.82, 2.24) is 5.32 Å². The van der Waals surface area contributed by atoms with Crippen LogP contribution in [0.15, 0.2) is 15.9 Å². The number of likely N-dealkylation sites (N-methyl/N-ethyl adjacent to an activating group) is 1. The van der Waals surface area contributed by atoms with Crippen molar-refractivity contribution in [3.63, 3.8) is 0 Å². The van der Waals surface area contributed by atoms with Gasteiger partial charge in [0.1, 0.15) is 0 Å². The lowest BCUT2D eigenvalue weighted by molar-refractivity contribution is 0.151. The molecule has 1 rings (SSSR count). The maximum atomic E-state index is 9.40. The van der Waals surface area contributed by atoms with Crippen LogP contribution in [0.4, 0.5) is 0 Å². The highest BCUT2D eigenvalue weighted by molar-refractivity contribution is 9.11. The monoisotopic (exact) mass is 249 g/mol. The first-order valence-corrected chi connectivity index (χ1v) is 5.36. The highest BCUT2D eigenvalue weighted by Gasteiger charge is 2.16. The molecule has 0 saturated heterocycles. The number of rotatable bonds is 3. The second kappa shape index (κ2) is 4.37. The van der Waals surface area contributed by atoms with E-state index in [-0.39, 0.29) is 12.1 Å². The van der Waals surface area contributed by atoms with Crippen molar-refractivity contribution in [2.45, 2.75) is 19.1 Å². The molecule has 2 atom stereocenters. The van der Waals surface area contributed by atoms with E-state index in [2.05, 4.69) is 21.2 Å². The Balaban J connectivity index is 2.80. The number of nitrogens with one attached hydrogen (secondary N) is 1. The lowest BCUT2D eigenvalue weighted by Gasteiger charge is -2.16. The van der Waals surface area contributed by atoms with Gasteiger partial charge in [-0.2, -0.15) is 0 Å². The van der Waals surface area contributed by atoms with Gasteiger partial charge in [-0.3, -0.25) is 0 Å². The van der Waals surface area contributed by atoms with Gasteiger partial charge in [0.2, 0.25) is 0 Å². The Kier molecular flexibility index (Phi) is 3.71. The van der Waals surface area contributed by atoms with Crippen LogP contribution in [0.2, 0.25) is 0 Å². The molecule has 0 aliphatic rings. The average molecular weight is 250 g/mol. The topological polar surface area (TPSA) is 32.3 Å². The minimum absolute atomic E-state index is 0.0429. The maximum Gasteiger partial charge on any atom is 0.0714 e. The number of hydrogen-bond acceptors (Lipinski definition) is 3. The zero-order valence-electron chi connectivity index (χ0n) is 7.04. The van der Waals surface area contributed by atoms with Crippen LogP contribution >= 0.6 is 27.3 Å². The summed E-state index contributed by atoms with van der Waals surface area (Å²) in [6.45, 7) is 1.79. The predicted octanol–water partition coefficient (Wildman–Crippen LogP) is 2.15. The van der Waals surface area contributed by atoms with E-state index in [4.69, 9.17) is 0 Å². The second-order valence-electron chi connectivity index (χ2n) is 2.65. The third kappa shape index (κ3) is 2.29. The van der Waals surface area contributed by atoms with Gasteiger partial charge < -0.3 is 10.4 Å². The summed E-state index contributed by atoms with van der Waals surface area (Å²) in [4.78, 5) is 1.15. The third-order valence-corrected chi connectivity index (χ3v) is 3.40. The summed E-state index contributed by atoms with van der Waals surface area (Å²) in [5, 5.41) is 12.5. The minimum Gasteiger partial charge on any atom is -0.391 e. The molecule has 1 aromatic rings. The molecule has 2 nitrogen and oxygen atoms in total. The van der Waals surface area contributed by atoms with Gasteiger partial charge in [-0.1, -0.05) is 0 Å². The van der Waals surface area contributed by atoms with Gasteiger partial charge in [0.15, 0.2) is 0 Å². The summed E-state index contributed by atoms with van der Waals surface area (Å²) >= 11 is 5.03. The molecule has 0 bridgehead atoms. The number of hydrogen-bond donors (Lipinski definition) is 2. The van der Waals surface area contributed by atoms with Gasteiger partial charge in [-0.05, 0) is 42.0 Å². The summed E-state index contributed by atoms with van der Waals surface area (Å²) < 4.78 is 1.10. The molecule has 2 unspecified atom stereocenters. The van der Waals surface area contributed by atoms with Crippen molar-refractivity contribution >= 4 is 27.3 Å². The van der Waals surface area contributed by atoms with Crippen molar-refractivity contribution in [3.8, 4) is 0 Å². The van der Waals surface area contributed by atoms with Crippen molar-refractivity contribution < 1.29 is 5.11 Å². The fourth-order valence-corrected chi connectivity index (χ4v) is 2.75. The minimum atomic E-state index is -0.361. The molecule has 0 aliphatic heterocycles. The van der Waals surface area contributed by atoms with E-state index >= 15 is 0 Å². The lowest BCUT2D eigenvalue weighted by Crippen LogP contribution is -2.26. The lowest BCUT2D eigenvalue weighted by atomic mass is 10.1. The zero-order valence-corrected chi connectivity index (χ0v) is 9.45. The summed E-state index contributed by atoms with van der Waals surface area (Å²) in [5.74, 6) is 0. The average Bonchev–Trinajstić information content (AvgIpc) is 2.37. The second-order valence-corrected chi connectivity index (χ2v) is 5.14. The molecular weight excluding hydrogens is 238 g/mol. The van der Waals surface area contributed by atoms with Crippen LogP contribution in [0.3, 0.4) is 0 Å². The number of thiophene rings is 1. The number of halogens is 1. The highest BCUT2D eigenvalue weighted by atomic mass is 79.9. The van der Waals surface area contributed by atoms with Crippen LogP contribution in [-0.4, -0.2) is 18.3 Å². The summed E-state index contributed by atoms with van der Waals surface area (Å²) in [6.07, 6.45) is -0.361. The fourth-order valence-electron chi connectivity index (χ4n) is 1.12. The molecule has 12 heavy (non-hydrogen) atoms. The molecular formula is C8H12BrNOS. The summed E-state index contributed by atoms with van der Waals surface area (Å²) in [5.41, 5.74) is 0. The molecule has 1 heterocycles. The standard InChI is InChI=1S/C8H12BrNOS/c1-5(11)8(10-2)6-3-4-7(9)12-6/h3-5,8,10-11H,1-2H3. The first-order valence-electron chi connectivity index (χ1n) is 3.75. The van der Waals surface area contributed by atoms with E-state index in [1.54, 1.807) is 18.3 Å². The molecule has 68 valence electrons. The maximum absolute atomic E-state index is 9.40. The Bertz CT molecular complexity index is 249. The Labute approximate surface area is 84.7 Å². The smallest absolute Gasteiger partial charge is 0.0714 e. The van der Waals surface area contributed by atoms with Crippen molar-refractivity contribution in [1.29, 1.82) is 0 Å². The highest BCUT2D eigenvalue weighted by Crippen LogP contribution is 2.28. The van der Waals surface area contributed by atoms with Crippen LogP contribution in [0.5, 0.6) is 0 Å². The SMILES string of the molecule is CNC(c1ccc(Br)s1)C(C)O. The van der Waals surface area contributed by atoms with Gasteiger partial charge in [0.05, 0.1) is 15.9 Å². The van der Waals surface area contributed by atoms with Gasteiger partial charge in [-0.15, -0.1) is 11.3 Å². The molecule has 0 amide bonds. The van der Waals surface area contributed by atoms with Crippen LogP contribution in [0.25, 0.3) is 0 Å². The van der Waals surface area contributed by atoms with Crippen molar-refractivity contribution in [2.75, 3.05) is 7.05 Å². The van der Waals surface area contributed by atoms with Crippen molar-refractivity contribution in [3.05, 3.63) is 20.8 Å². The van der Waals surface area contributed by atoms with E-state index in [0.717, 1.165) is 8.66 Å². The molecule has 0 radical (unpaired) electrons. The van der Waals surface area contributed by atoms with Crippen LogP contribution in [-0.2, 0) is 0 Å². The first kappa shape index (κ1) is 10.2. The molecule has 1 aromatic heterocycles. The molecule has 2 N–H and O–H groups in total. The van der Waals surface area contributed by atoms with E-state index in [9.17, 15) is 5.11 Å². The quantitative estimate of drug-likeness (QED) is 0.861. The summed E-state index contributed by atoms with van der Waals surface area (Å²) in [6, 6.07) is 4.05.